The van der Waals surface area contributed by atoms with Gasteiger partial charge in [0.15, 0.2) is 18.3 Å². The van der Waals surface area contributed by atoms with Gasteiger partial charge in [-0.15, -0.1) is 0 Å². The van der Waals surface area contributed by atoms with Gasteiger partial charge >= 0.3 is 23.9 Å². The van der Waals surface area contributed by atoms with Crippen LogP contribution in [0.15, 0.2) is 29.2 Å². The zero-order valence-corrected chi connectivity index (χ0v) is 21.8. The first-order valence-corrected chi connectivity index (χ1v) is 12.3. The van der Waals surface area contributed by atoms with Crippen molar-refractivity contribution in [2.24, 2.45) is 0 Å². The van der Waals surface area contributed by atoms with E-state index in [2.05, 4.69) is 0 Å². The fourth-order valence-corrected chi connectivity index (χ4v) is 5.64. The molecule has 1 aromatic carbocycles. The van der Waals surface area contributed by atoms with Crippen LogP contribution in [0.25, 0.3) is 0 Å². The lowest BCUT2D eigenvalue weighted by atomic mass is 9.99. The van der Waals surface area contributed by atoms with Gasteiger partial charge in [0, 0.05) is 32.6 Å². The Hall–Kier alpha value is -2.15. The molecule has 0 bridgehead atoms. The van der Waals surface area contributed by atoms with Crippen LogP contribution in [0.5, 0.6) is 0 Å². The van der Waals surface area contributed by atoms with Gasteiger partial charge < -0.3 is 23.7 Å². The quantitative estimate of drug-likeness (QED) is 0.223. The summed E-state index contributed by atoms with van der Waals surface area (Å²) >= 11 is 7.90. The summed E-state index contributed by atoms with van der Waals surface area (Å²) in [7, 11) is 0. The molecule has 0 radical (unpaired) electrons. The van der Waals surface area contributed by atoms with Crippen LogP contribution in [-0.2, 0) is 42.9 Å². The Kier molecular flexibility index (Phi) is 10.8. The number of hydrogen-bond donors (Lipinski definition) is 0. The van der Waals surface area contributed by atoms with Crippen LogP contribution in [0, 0.1) is 6.92 Å². The predicted octanol–water partition coefficient (Wildman–Crippen LogP) is 3.19. The van der Waals surface area contributed by atoms with Gasteiger partial charge in [-0.2, -0.15) is 0 Å². The maximum Gasteiger partial charge on any atom is 0.303 e. The Bertz CT molecular complexity index is 919. The minimum Gasteiger partial charge on any atom is -0.463 e. The highest BCUT2D eigenvalue weighted by Crippen LogP contribution is 2.38. The van der Waals surface area contributed by atoms with Gasteiger partial charge in [-0.1, -0.05) is 53.4 Å². The van der Waals surface area contributed by atoms with Crippen molar-refractivity contribution >= 4 is 63.1 Å². The molecule has 1 aliphatic rings. The van der Waals surface area contributed by atoms with Gasteiger partial charge in [0.2, 0.25) is 0 Å². The first-order valence-electron chi connectivity index (χ1n) is 10.2. The Morgan fingerprint density at radius 3 is 1.91 bits per heavy atom. The maximum absolute atomic E-state index is 11.9. The molecule has 1 aliphatic heterocycles. The van der Waals surface area contributed by atoms with E-state index in [1.54, 1.807) is 0 Å². The van der Waals surface area contributed by atoms with Crippen molar-refractivity contribution < 1.29 is 42.9 Å². The molecule has 0 saturated carbocycles. The van der Waals surface area contributed by atoms with Gasteiger partial charge in [0.25, 0.3) is 0 Å². The predicted molar refractivity (Wildman–Crippen MR) is 129 cm³/mol. The number of thioether (sulfide) groups is 2. The molecule has 0 aliphatic carbocycles. The van der Waals surface area contributed by atoms with Gasteiger partial charge in [0.05, 0.1) is 0 Å². The Balaban J connectivity index is 2.35. The first-order chi connectivity index (χ1) is 16.0. The number of ether oxygens (including phenoxy) is 5. The molecule has 1 fully saturated rings. The number of rotatable bonds is 7. The second kappa shape index (κ2) is 13.1. The van der Waals surface area contributed by atoms with Crippen LogP contribution in [0.2, 0.25) is 0 Å². The molecule has 186 valence electrons. The standard InChI is InChI=1S/C22H26O9S3/c1-11-6-8-16(9-7-11)33-22(32)34-21-20(30-15(5)26)19(29-14(4)25)18(28-13(3)24)17(31-21)10-27-12(2)23/h6-9,17-21H,10H2,1-5H3/t17?,18-,19?,20?,21-/m0/s1. The summed E-state index contributed by atoms with van der Waals surface area (Å²) in [5.74, 6) is -2.61. The van der Waals surface area contributed by atoms with Crippen LogP contribution in [0.3, 0.4) is 0 Å². The minimum absolute atomic E-state index is 0.285. The summed E-state index contributed by atoms with van der Waals surface area (Å²) < 4.78 is 27.8. The highest BCUT2D eigenvalue weighted by molar-refractivity contribution is 8.47. The second-order valence-corrected chi connectivity index (χ2v) is 10.7. The van der Waals surface area contributed by atoms with Crippen LogP contribution in [-0.4, -0.2) is 63.9 Å². The fraction of sp³-hybridized carbons (Fsp3) is 0.500. The van der Waals surface area contributed by atoms with Crippen molar-refractivity contribution in [3.8, 4) is 0 Å². The molecule has 34 heavy (non-hydrogen) atoms. The summed E-state index contributed by atoms with van der Waals surface area (Å²) in [6.07, 6.45) is -4.57. The van der Waals surface area contributed by atoms with E-state index in [9.17, 15) is 19.2 Å². The third kappa shape index (κ3) is 8.90. The van der Waals surface area contributed by atoms with Gasteiger partial charge in [0.1, 0.15) is 21.7 Å². The van der Waals surface area contributed by atoms with Gasteiger partial charge in [-0.25, -0.2) is 0 Å². The molecule has 0 spiro atoms. The highest BCUT2D eigenvalue weighted by Gasteiger charge is 2.52. The molecular formula is C22H26O9S3. The largest absolute Gasteiger partial charge is 0.463 e. The zero-order chi connectivity index (χ0) is 25.4. The first kappa shape index (κ1) is 28.1. The van der Waals surface area contributed by atoms with Crippen LogP contribution >= 0.6 is 35.7 Å². The van der Waals surface area contributed by atoms with Crippen molar-refractivity contribution in [1.29, 1.82) is 0 Å². The van der Waals surface area contributed by atoms with Crippen molar-refractivity contribution in [3.63, 3.8) is 0 Å². The molecule has 1 heterocycles. The van der Waals surface area contributed by atoms with E-state index < -0.39 is 53.7 Å². The molecule has 0 amide bonds. The monoisotopic (exact) mass is 530 g/mol. The van der Waals surface area contributed by atoms with E-state index in [4.69, 9.17) is 35.9 Å². The number of aryl methyl sites for hydroxylation is 1. The second-order valence-electron chi connectivity index (χ2n) is 7.35. The van der Waals surface area contributed by atoms with Gasteiger partial charge in [-0.3, -0.25) is 19.2 Å². The maximum atomic E-state index is 11.9. The summed E-state index contributed by atoms with van der Waals surface area (Å²) in [5.41, 5.74) is 0.161. The number of carbonyl (C=O) groups excluding carboxylic acids is 4. The lowest BCUT2D eigenvalue weighted by Crippen LogP contribution is -2.61. The summed E-state index contributed by atoms with van der Waals surface area (Å²) in [6, 6.07) is 7.73. The number of benzene rings is 1. The third-order valence-corrected chi connectivity index (χ3v) is 6.94. The summed E-state index contributed by atoms with van der Waals surface area (Å²) in [5, 5.41) is 0. The molecule has 1 aromatic rings. The normalized spacial score (nSPS) is 24.0. The van der Waals surface area contributed by atoms with E-state index in [1.165, 1.54) is 39.5 Å². The van der Waals surface area contributed by atoms with E-state index >= 15 is 0 Å². The number of thiocarbonyl (C=S) groups is 1. The van der Waals surface area contributed by atoms with Crippen molar-refractivity contribution in [2.45, 2.75) is 69.4 Å². The van der Waals surface area contributed by atoms with Crippen molar-refractivity contribution in [2.75, 3.05) is 6.61 Å². The topological polar surface area (TPSA) is 114 Å². The lowest BCUT2D eigenvalue weighted by molar-refractivity contribution is -0.237. The number of hydrogen-bond acceptors (Lipinski definition) is 12. The fourth-order valence-electron chi connectivity index (χ4n) is 3.11. The molecule has 12 heteroatoms. The van der Waals surface area contributed by atoms with E-state index in [1.807, 2.05) is 31.2 Å². The van der Waals surface area contributed by atoms with Crippen LogP contribution in [0.1, 0.15) is 33.3 Å². The molecular weight excluding hydrogens is 504 g/mol. The van der Waals surface area contributed by atoms with Crippen LogP contribution < -0.4 is 0 Å². The molecule has 9 nitrogen and oxygen atoms in total. The Morgan fingerprint density at radius 2 is 1.38 bits per heavy atom. The minimum atomic E-state index is -1.22. The molecule has 2 rings (SSSR count). The van der Waals surface area contributed by atoms with Crippen molar-refractivity contribution in [3.05, 3.63) is 29.8 Å². The number of carbonyl (C=O) groups is 4. The SMILES string of the molecule is CC(=O)OCC1O[C@@H](SC(=S)Sc2ccc(C)cc2)C(OC(C)=O)C(OC(C)=O)[C@H]1OC(C)=O. The van der Waals surface area contributed by atoms with E-state index in [0.29, 0.717) is 3.53 Å². The number of esters is 4. The lowest BCUT2D eigenvalue weighted by Gasteiger charge is -2.44. The average Bonchev–Trinajstić information content (AvgIpc) is 2.71. The smallest absolute Gasteiger partial charge is 0.303 e. The van der Waals surface area contributed by atoms with E-state index in [0.717, 1.165) is 22.2 Å². The molecule has 0 N–H and O–H groups in total. The molecule has 1 saturated heterocycles. The Labute approximate surface area is 211 Å². The molecule has 3 unspecified atom stereocenters. The highest BCUT2D eigenvalue weighted by atomic mass is 32.2. The van der Waals surface area contributed by atoms with E-state index in [-0.39, 0.29) is 6.61 Å². The Morgan fingerprint density at radius 1 is 0.853 bits per heavy atom. The van der Waals surface area contributed by atoms with Crippen LogP contribution in [0.4, 0.5) is 0 Å². The van der Waals surface area contributed by atoms with Gasteiger partial charge in [-0.05, 0) is 19.1 Å². The summed E-state index contributed by atoms with van der Waals surface area (Å²) in [6.45, 7) is 6.44. The van der Waals surface area contributed by atoms with Crippen molar-refractivity contribution in [1.82, 2.24) is 0 Å². The zero-order valence-electron chi connectivity index (χ0n) is 19.3. The summed E-state index contributed by atoms with van der Waals surface area (Å²) in [4.78, 5) is 47.8. The molecule has 0 aromatic heterocycles. The average molecular weight is 531 g/mol. The molecule has 5 atom stereocenters. The third-order valence-electron chi connectivity index (χ3n) is 4.38.